The summed E-state index contributed by atoms with van der Waals surface area (Å²) in [5, 5.41) is 21.3. The molecule has 5 heterocycles. The lowest BCUT2D eigenvalue weighted by molar-refractivity contribution is -0.221. The maximum Gasteiger partial charge on any atom is 0.490 e. The van der Waals surface area contributed by atoms with E-state index in [1.807, 2.05) is 60.7 Å². The lowest BCUT2D eigenvalue weighted by Crippen LogP contribution is -2.42. The van der Waals surface area contributed by atoms with Crippen molar-refractivity contribution in [3.63, 3.8) is 0 Å². The van der Waals surface area contributed by atoms with Crippen LogP contribution in [0.2, 0.25) is 0 Å². The predicted octanol–water partition coefficient (Wildman–Crippen LogP) is 4.07. The number of benzene rings is 2. The molecule has 3 aromatic heterocycles. The van der Waals surface area contributed by atoms with Gasteiger partial charge in [-0.05, 0) is 36.2 Å². The Hall–Kier alpha value is -5.90. The van der Waals surface area contributed by atoms with Crippen LogP contribution in [-0.2, 0) is 30.3 Å². The van der Waals surface area contributed by atoms with E-state index < -0.39 is 54.7 Å². The Bertz CT molecular complexity index is 2110. The van der Waals surface area contributed by atoms with Crippen molar-refractivity contribution in [2.45, 2.75) is 68.7 Å². The molecule has 2 aliphatic heterocycles. The molecular formula is C34H33F6N11O5. The van der Waals surface area contributed by atoms with Gasteiger partial charge in [0.05, 0.1) is 12.9 Å². The molecule has 5 atom stereocenters. The van der Waals surface area contributed by atoms with Crippen molar-refractivity contribution < 1.29 is 50.1 Å². The Kier molecular flexibility index (Phi) is 10.7. The number of carbonyl (C=O) groups is 2. The quantitative estimate of drug-likeness (QED) is 0.121. The number of alkyl halides is 6. The summed E-state index contributed by atoms with van der Waals surface area (Å²) in [7, 11) is 0. The van der Waals surface area contributed by atoms with Crippen LogP contribution in [0, 0.1) is 0 Å². The van der Waals surface area contributed by atoms with Crippen molar-refractivity contribution in [2.75, 3.05) is 30.3 Å². The Morgan fingerprint density at radius 3 is 2.16 bits per heavy atom. The number of hydrogen-bond donors (Lipinski definition) is 3. The fraction of sp³-hybridized carbons (Fsp3) is 0.412. The van der Waals surface area contributed by atoms with Crippen LogP contribution in [0.3, 0.4) is 0 Å². The molecule has 7 rings (SSSR count). The summed E-state index contributed by atoms with van der Waals surface area (Å²) in [5.41, 5.74) is 1.94. The molecular weight excluding hydrogens is 756 g/mol. The van der Waals surface area contributed by atoms with Gasteiger partial charge in [0.2, 0.25) is 11.8 Å². The molecule has 16 nitrogen and oxygen atoms in total. The number of anilines is 2. The summed E-state index contributed by atoms with van der Waals surface area (Å²) in [6.45, 7) is 3.28. The van der Waals surface area contributed by atoms with Crippen molar-refractivity contribution in [1.29, 1.82) is 0 Å². The van der Waals surface area contributed by atoms with Crippen molar-refractivity contribution in [2.24, 2.45) is 0 Å². The largest absolute Gasteiger partial charge is 0.490 e. The van der Waals surface area contributed by atoms with Crippen LogP contribution in [0.15, 0.2) is 67.0 Å². The Labute approximate surface area is 312 Å². The van der Waals surface area contributed by atoms with Gasteiger partial charge in [-0.3, -0.25) is 4.57 Å². The molecule has 5 aromatic rings. The number of hydrogen-bond acceptors (Lipinski definition) is 14. The van der Waals surface area contributed by atoms with E-state index in [1.165, 1.54) is 0 Å². The number of tetrazole rings is 1. The average molecular weight is 790 g/mol. The van der Waals surface area contributed by atoms with E-state index in [0.717, 1.165) is 26.8 Å². The first kappa shape index (κ1) is 38.4. The Balaban J connectivity index is 1.32. The van der Waals surface area contributed by atoms with Gasteiger partial charge in [-0.2, -0.15) is 41.1 Å². The number of carbonyl (C=O) groups excluding carboxylic acids is 2. The molecule has 56 heavy (non-hydrogen) atoms. The van der Waals surface area contributed by atoms with E-state index >= 15 is 0 Å². The van der Waals surface area contributed by atoms with Gasteiger partial charge in [0, 0.05) is 25.0 Å². The zero-order valence-electron chi connectivity index (χ0n) is 29.2. The van der Waals surface area contributed by atoms with Crippen LogP contribution in [0.5, 0.6) is 0 Å². The van der Waals surface area contributed by atoms with Crippen molar-refractivity contribution in [3.8, 4) is 0 Å². The lowest BCUT2D eigenvalue weighted by atomic mass is 9.91. The number of esters is 2. The van der Waals surface area contributed by atoms with E-state index in [-0.39, 0.29) is 48.0 Å². The summed E-state index contributed by atoms with van der Waals surface area (Å²) in [4.78, 5) is 39.2. The first-order chi connectivity index (χ1) is 26.8. The van der Waals surface area contributed by atoms with Crippen molar-refractivity contribution in [1.82, 2.24) is 45.0 Å². The van der Waals surface area contributed by atoms with E-state index in [1.54, 1.807) is 6.92 Å². The molecule has 0 aliphatic carbocycles. The molecule has 0 bridgehead atoms. The zero-order valence-corrected chi connectivity index (χ0v) is 29.2. The van der Waals surface area contributed by atoms with Crippen LogP contribution >= 0.6 is 0 Å². The van der Waals surface area contributed by atoms with Gasteiger partial charge in [0.1, 0.15) is 0 Å². The maximum absolute atomic E-state index is 13.7. The highest BCUT2D eigenvalue weighted by Gasteiger charge is 2.57. The molecule has 296 valence electrons. The number of nitrogens with zero attached hydrogens (tertiary/aromatic N) is 8. The normalized spacial score (nSPS) is 21.4. The second-order valence-corrected chi connectivity index (χ2v) is 12.8. The summed E-state index contributed by atoms with van der Waals surface area (Å²) in [6.07, 6.45) is -18.0. The number of aromatic nitrogens is 8. The zero-order chi connectivity index (χ0) is 39.6. The van der Waals surface area contributed by atoms with Gasteiger partial charge in [0.15, 0.2) is 41.5 Å². The van der Waals surface area contributed by atoms with Crippen LogP contribution < -0.4 is 16.0 Å². The average Bonchev–Trinajstić information content (AvgIpc) is 4.00. The molecule has 22 heteroatoms. The van der Waals surface area contributed by atoms with E-state index in [2.05, 4.69) is 51.0 Å². The highest BCUT2D eigenvalue weighted by Crippen LogP contribution is 2.44. The summed E-state index contributed by atoms with van der Waals surface area (Å²) in [6, 6.07) is 19.1. The van der Waals surface area contributed by atoms with E-state index in [4.69, 9.17) is 9.47 Å². The highest BCUT2D eigenvalue weighted by atomic mass is 19.4. The minimum Gasteiger partial charge on any atom is -0.448 e. The molecule has 0 radical (unpaired) electrons. The second-order valence-electron chi connectivity index (χ2n) is 12.8. The number of aryl methyl sites for hydroxylation is 1. The molecule has 0 spiro atoms. The third kappa shape index (κ3) is 8.20. The van der Waals surface area contributed by atoms with Gasteiger partial charge in [-0.15, -0.1) is 10.2 Å². The molecule has 0 amide bonds. The number of rotatable bonds is 12. The van der Waals surface area contributed by atoms with Gasteiger partial charge in [-0.25, -0.2) is 14.6 Å². The maximum atomic E-state index is 13.7. The third-order valence-electron chi connectivity index (χ3n) is 9.11. The molecule has 3 N–H and O–H groups in total. The Morgan fingerprint density at radius 2 is 1.59 bits per heavy atom. The first-order valence-electron chi connectivity index (χ1n) is 17.3. The van der Waals surface area contributed by atoms with Crippen LogP contribution in [0.25, 0.3) is 11.2 Å². The molecule has 0 unspecified atom stereocenters. The van der Waals surface area contributed by atoms with Gasteiger partial charge >= 0.3 is 24.3 Å². The molecule has 2 aromatic carbocycles. The van der Waals surface area contributed by atoms with E-state index in [0.29, 0.717) is 19.5 Å². The van der Waals surface area contributed by atoms with Crippen LogP contribution in [-0.4, -0.2) is 102 Å². The second kappa shape index (κ2) is 15.7. The number of halogens is 6. The molecule has 2 saturated heterocycles. The first-order valence-corrected chi connectivity index (χ1v) is 17.3. The fourth-order valence-electron chi connectivity index (χ4n) is 6.46. The van der Waals surface area contributed by atoms with Crippen molar-refractivity contribution in [3.05, 3.63) is 83.9 Å². The number of ether oxygens (including phenoxy) is 3. The lowest BCUT2D eigenvalue weighted by Gasteiger charge is -2.25. The van der Waals surface area contributed by atoms with Gasteiger partial charge < -0.3 is 30.2 Å². The molecule has 0 saturated carbocycles. The fourth-order valence-corrected chi connectivity index (χ4v) is 6.46. The summed E-state index contributed by atoms with van der Waals surface area (Å²) >= 11 is 0. The third-order valence-corrected chi connectivity index (χ3v) is 9.11. The summed E-state index contributed by atoms with van der Waals surface area (Å²) in [5.74, 6) is -5.99. The number of nitrogens with one attached hydrogen (secondary N) is 3. The predicted molar refractivity (Wildman–Crippen MR) is 182 cm³/mol. The number of imidazole rings is 1. The monoisotopic (exact) mass is 789 g/mol. The smallest absolute Gasteiger partial charge is 0.448 e. The number of fused-ring (bicyclic) bond motifs is 1. The minimum absolute atomic E-state index is 0.0670. The van der Waals surface area contributed by atoms with Gasteiger partial charge in [-0.1, -0.05) is 60.7 Å². The minimum atomic E-state index is -5.61. The van der Waals surface area contributed by atoms with Crippen LogP contribution in [0.4, 0.5) is 38.1 Å². The molecule has 2 fully saturated rings. The van der Waals surface area contributed by atoms with E-state index in [9.17, 15) is 35.9 Å². The highest BCUT2D eigenvalue weighted by molar-refractivity contribution is 5.84. The Morgan fingerprint density at radius 1 is 0.946 bits per heavy atom. The van der Waals surface area contributed by atoms with Crippen LogP contribution in [0.1, 0.15) is 48.5 Å². The topological polar surface area (TPSA) is 185 Å². The standard InChI is InChI=1S/C34H33F6N11O5/c1-2-51-48-27(47-49-51)24-23(55-30(52)33(35,36)37)25(56-31(53)34(38,39)40)29(54-24)50-17-43-22-26(45-32(46-28(22)50)44-20-13-14-41-15-20)42-16-21(18-9-5-3-6-10-18)19-11-7-4-8-12-19/h3-12,17,20-21,23-25,29,41H,2,13-16H2,1H3,(H2,42,44,45,46)/t20-,23+,24-,25+,29+/m0/s1. The van der Waals surface area contributed by atoms with Crippen molar-refractivity contribution >= 4 is 34.9 Å². The SMILES string of the molecule is CCn1nnc([C@H]2O[C@@H](n3cnc4c(NCC(c5ccccc5)c5ccccc5)nc(N[C@H]5CCNC5)nc43)[C@H](OC(=O)C(F)(F)F)[C@@H]2OC(=O)C(F)(F)F)n1. The van der Waals surface area contributed by atoms with Gasteiger partial charge in [0.25, 0.3) is 0 Å². The molecule has 2 aliphatic rings. The summed E-state index contributed by atoms with van der Waals surface area (Å²) < 4.78 is 98.1.